The minimum Gasteiger partial charge on any atom is -0.303 e. The first kappa shape index (κ1) is 10.5. The molecule has 1 heteroatoms. The molecule has 0 radical (unpaired) electrons. The summed E-state index contributed by atoms with van der Waals surface area (Å²) in [6.45, 7) is 7.50. The van der Waals surface area contributed by atoms with Gasteiger partial charge in [-0.15, -0.1) is 0 Å². The van der Waals surface area contributed by atoms with Gasteiger partial charge in [0.2, 0.25) is 0 Å². The summed E-state index contributed by atoms with van der Waals surface area (Å²) in [5, 5.41) is 0. The zero-order valence-corrected chi connectivity index (χ0v) is 8.54. The van der Waals surface area contributed by atoms with Crippen LogP contribution in [0.2, 0.25) is 0 Å². The zero-order valence-electron chi connectivity index (χ0n) is 8.54. The molecule has 0 aliphatic carbocycles. The molecule has 1 aliphatic rings. The van der Waals surface area contributed by atoms with Gasteiger partial charge in [-0.05, 0) is 32.4 Å². The van der Waals surface area contributed by atoms with Crippen LogP contribution in [-0.4, -0.2) is 24.5 Å². The number of hydrogen-bond donors (Lipinski definition) is 0. The topological polar surface area (TPSA) is 3.24 Å². The van der Waals surface area contributed by atoms with Crippen LogP contribution in [0.1, 0.15) is 32.1 Å². The van der Waals surface area contributed by atoms with Gasteiger partial charge in [-0.2, -0.15) is 0 Å². The van der Waals surface area contributed by atoms with Crippen molar-refractivity contribution < 1.29 is 0 Å². The van der Waals surface area contributed by atoms with Gasteiger partial charge in [-0.25, -0.2) is 0 Å². The maximum absolute atomic E-state index is 3.66. The molecule has 0 aromatic heterocycles. The molecule has 74 valence electrons. The van der Waals surface area contributed by atoms with Gasteiger partial charge in [-0.3, -0.25) is 0 Å². The average Bonchev–Trinajstić information content (AvgIpc) is 2.41. The monoisotopic (exact) mass is 179 g/mol. The molecule has 0 atom stereocenters. The van der Waals surface area contributed by atoms with E-state index in [2.05, 4.69) is 17.6 Å². The van der Waals surface area contributed by atoms with Gasteiger partial charge in [0, 0.05) is 6.54 Å². The van der Waals surface area contributed by atoms with Gasteiger partial charge in [-0.1, -0.05) is 37.6 Å². The van der Waals surface area contributed by atoms with Gasteiger partial charge in [0.05, 0.1) is 0 Å². The zero-order chi connectivity index (χ0) is 9.36. The third kappa shape index (κ3) is 4.89. The van der Waals surface area contributed by atoms with E-state index in [1.54, 1.807) is 0 Å². The summed E-state index contributed by atoms with van der Waals surface area (Å²) in [5.74, 6) is 0. The summed E-state index contributed by atoms with van der Waals surface area (Å²) in [7, 11) is 0. The Balaban J connectivity index is 2.11. The first-order valence-corrected chi connectivity index (χ1v) is 5.43. The van der Waals surface area contributed by atoms with E-state index in [0.717, 1.165) is 0 Å². The number of nitrogens with zero attached hydrogens (tertiary/aromatic N) is 1. The minimum absolute atomic E-state index is 1.17. The van der Waals surface area contributed by atoms with Crippen molar-refractivity contribution in [2.75, 3.05) is 19.6 Å². The van der Waals surface area contributed by atoms with E-state index < -0.39 is 0 Å². The van der Waals surface area contributed by atoms with Crippen LogP contribution in [0.15, 0.2) is 24.8 Å². The van der Waals surface area contributed by atoms with E-state index in [1.165, 1.54) is 51.7 Å². The Bertz CT molecular complexity index is 153. The molecule has 0 unspecified atom stereocenters. The highest BCUT2D eigenvalue weighted by atomic mass is 15.1. The van der Waals surface area contributed by atoms with Crippen molar-refractivity contribution in [3.05, 3.63) is 24.8 Å². The van der Waals surface area contributed by atoms with Gasteiger partial charge < -0.3 is 4.90 Å². The van der Waals surface area contributed by atoms with Gasteiger partial charge in [0.1, 0.15) is 0 Å². The van der Waals surface area contributed by atoms with Crippen LogP contribution in [0.25, 0.3) is 0 Å². The Labute approximate surface area is 82.1 Å². The Morgan fingerprint density at radius 2 is 1.77 bits per heavy atom. The minimum atomic E-state index is 1.17. The van der Waals surface area contributed by atoms with Gasteiger partial charge in [0.15, 0.2) is 0 Å². The maximum Gasteiger partial charge on any atom is 0.00160 e. The van der Waals surface area contributed by atoms with E-state index in [9.17, 15) is 0 Å². The molecule has 1 rings (SSSR count). The molecule has 1 saturated heterocycles. The highest BCUT2D eigenvalue weighted by Crippen LogP contribution is 2.09. The Hall–Kier alpha value is -0.560. The second-order valence-corrected chi connectivity index (χ2v) is 3.71. The standard InChI is InChI=1S/C12H21N/c1-2-3-4-7-10-13-11-8-5-6-9-12-13/h2-4H,1,5-12H2. The first-order valence-electron chi connectivity index (χ1n) is 5.43. The summed E-state index contributed by atoms with van der Waals surface area (Å²) in [6, 6.07) is 0. The SMILES string of the molecule is C=CC=CCCN1CCCCCC1. The van der Waals surface area contributed by atoms with Crippen molar-refractivity contribution in [2.45, 2.75) is 32.1 Å². The molecule has 0 bridgehead atoms. The molecule has 0 aromatic carbocycles. The molecule has 0 aromatic rings. The normalized spacial score (nSPS) is 20.3. The van der Waals surface area contributed by atoms with Crippen molar-refractivity contribution in [2.24, 2.45) is 0 Å². The number of hydrogen-bond acceptors (Lipinski definition) is 1. The average molecular weight is 179 g/mol. The molecular formula is C12H21N. The van der Waals surface area contributed by atoms with Crippen molar-refractivity contribution in [3.63, 3.8) is 0 Å². The second kappa shape index (κ2) is 6.90. The van der Waals surface area contributed by atoms with Crippen molar-refractivity contribution in [1.82, 2.24) is 4.90 Å². The Kier molecular flexibility index (Phi) is 5.59. The maximum atomic E-state index is 3.66. The smallest absolute Gasteiger partial charge is 0.00160 e. The Morgan fingerprint density at radius 3 is 2.38 bits per heavy atom. The molecular weight excluding hydrogens is 158 g/mol. The van der Waals surface area contributed by atoms with Crippen molar-refractivity contribution >= 4 is 0 Å². The third-order valence-corrected chi connectivity index (χ3v) is 2.58. The van der Waals surface area contributed by atoms with Crippen molar-refractivity contribution in [3.8, 4) is 0 Å². The van der Waals surface area contributed by atoms with Crippen LogP contribution in [0.4, 0.5) is 0 Å². The van der Waals surface area contributed by atoms with Crippen LogP contribution < -0.4 is 0 Å². The largest absolute Gasteiger partial charge is 0.303 e. The molecule has 0 spiro atoms. The van der Waals surface area contributed by atoms with Crippen molar-refractivity contribution in [1.29, 1.82) is 0 Å². The summed E-state index contributed by atoms with van der Waals surface area (Å²) in [5.41, 5.74) is 0. The van der Waals surface area contributed by atoms with Crippen LogP contribution >= 0.6 is 0 Å². The summed E-state index contributed by atoms with van der Waals surface area (Å²) in [4.78, 5) is 2.58. The fraction of sp³-hybridized carbons (Fsp3) is 0.667. The van der Waals surface area contributed by atoms with Crippen LogP contribution in [0, 0.1) is 0 Å². The molecule has 1 aliphatic heterocycles. The van der Waals surface area contributed by atoms with Crippen LogP contribution in [-0.2, 0) is 0 Å². The molecule has 0 N–H and O–H groups in total. The van der Waals surface area contributed by atoms with Gasteiger partial charge in [0.25, 0.3) is 0 Å². The number of likely N-dealkylation sites (tertiary alicyclic amines) is 1. The molecule has 13 heavy (non-hydrogen) atoms. The third-order valence-electron chi connectivity index (χ3n) is 2.58. The molecule has 0 saturated carbocycles. The molecule has 0 amide bonds. The lowest BCUT2D eigenvalue weighted by molar-refractivity contribution is 0.291. The lowest BCUT2D eigenvalue weighted by atomic mass is 10.2. The van der Waals surface area contributed by atoms with E-state index in [-0.39, 0.29) is 0 Å². The predicted octanol–water partition coefficient (Wildman–Crippen LogP) is 2.99. The molecule has 1 fully saturated rings. The Morgan fingerprint density at radius 1 is 1.08 bits per heavy atom. The van der Waals surface area contributed by atoms with E-state index in [1.807, 2.05) is 12.2 Å². The van der Waals surface area contributed by atoms with Crippen LogP contribution in [0.5, 0.6) is 0 Å². The number of allylic oxidation sites excluding steroid dienone is 2. The molecule has 1 heterocycles. The highest BCUT2D eigenvalue weighted by molar-refractivity contribution is 4.97. The lowest BCUT2D eigenvalue weighted by Gasteiger charge is -2.18. The van der Waals surface area contributed by atoms with E-state index >= 15 is 0 Å². The first-order chi connectivity index (χ1) is 6.43. The quantitative estimate of drug-likeness (QED) is 0.600. The second-order valence-electron chi connectivity index (χ2n) is 3.71. The predicted molar refractivity (Wildman–Crippen MR) is 58.9 cm³/mol. The summed E-state index contributed by atoms with van der Waals surface area (Å²) >= 11 is 0. The summed E-state index contributed by atoms with van der Waals surface area (Å²) in [6.07, 6.45) is 12.9. The number of rotatable bonds is 4. The summed E-state index contributed by atoms with van der Waals surface area (Å²) < 4.78 is 0. The molecule has 1 nitrogen and oxygen atoms in total. The van der Waals surface area contributed by atoms with E-state index in [4.69, 9.17) is 0 Å². The fourth-order valence-electron chi connectivity index (χ4n) is 1.81. The lowest BCUT2D eigenvalue weighted by Crippen LogP contribution is -2.25. The van der Waals surface area contributed by atoms with Crippen LogP contribution in [0.3, 0.4) is 0 Å². The fourth-order valence-corrected chi connectivity index (χ4v) is 1.81. The van der Waals surface area contributed by atoms with E-state index in [0.29, 0.717) is 0 Å². The van der Waals surface area contributed by atoms with Gasteiger partial charge >= 0.3 is 0 Å². The highest BCUT2D eigenvalue weighted by Gasteiger charge is 2.06.